The van der Waals surface area contributed by atoms with Crippen LogP contribution >= 0.6 is 10.7 Å². The fourth-order valence-corrected chi connectivity index (χ4v) is 3.11. The second-order valence-electron chi connectivity index (χ2n) is 9.87. The van der Waals surface area contributed by atoms with Crippen molar-refractivity contribution >= 4 is 38.0 Å². The van der Waals surface area contributed by atoms with Crippen LogP contribution in [-0.2, 0) is 29.7 Å². The number of isocyanates is 1. The van der Waals surface area contributed by atoms with Gasteiger partial charge in [-0.1, -0.05) is 115 Å². The van der Waals surface area contributed by atoms with Gasteiger partial charge in [0.2, 0.25) is 5.91 Å². The number of amides is 1. The molecule has 35 heavy (non-hydrogen) atoms. The van der Waals surface area contributed by atoms with E-state index in [9.17, 15) is 13.2 Å². The highest BCUT2D eigenvalue weighted by Crippen LogP contribution is 2.27. The molecule has 1 aliphatic heterocycles. The van der Waals surface area contributed by atoms with Gasteiger partial charge in [-0.05, 0) is 33.1 Å². The molecule has 2 aromatic rings. The van der Waals surface area contributed by atoms with Crippen molar-refractivity contribution in [2.45, 2.75) is 72.3 Å². The quantitative estimate of drug-likeness (QED) is 0.213. The Morgan fingerprint density at radius 3 is 1.63 bits per heavy atom. The summed E-state index contributed by atoms with van der Waals surface area (Å²) in [6, 6.07) is 17.3. The number of benzene rings is 2. The van der Waals surface area contributed by atoms with Crippen LogP contribution in [0.4, 0.5) is 0 Å². The molecule has 1 aliphatic rings. The van der Waals surface area contributed by atoms with Crippen molar-refractivity contribution in [3.63, 3.8) is 0 Å². The van der Waals surface area contributed by atoms with E-state index in [0.29, 0.717) is 6.42 Å². The number of rotatable bonds is 3. The number of nitrogens with zero attached hydrogens (tertiary/aromatic N) is 1. The summed E-state index contributed by atoms with van der Waals surface area (Å²) in [4.78, 5) is 19.9. The van der Waals surface area contributed by atoms with Crippen LogP contribution in [0.1, 0.15) is 83.7 Å². The van der Waals surface area contributed by atoms with Crippen LogP contribution in [0, 0.1) is 0 Å². The predicted molar refractivity (Wildman–Crippen MR) is 146 cm³/mol. The van der Waals surface area contributed by atoms with Gasteiger partial charge in [0.25, 0.3) is 6.08 Å². The van der Waals surface area contributed by atoms with Crippen molar-refractivity contribution in [2.75, 3.05) is 0 Å². The Labute approximate surface area is 215 Å². The predicted octanol–water partition coefficient (Wildman–Crippen LogP) is 6.61. The van der Waals surface area contributed by atoms with Crippen LogP contribution in [0.2, 0.25) is 0 Å². The molecule has 6 nitrogen and oxygen atoms in total. The molecule has 0 radical (unpaired) electrons. The van der Waals surface area contributed by atoms with Crippen molar-refractivity contribution in [2.24, 2.45) is 4.40 Å². The highest BCUT2D eigenvalue weighted by molar-refractivity contribution is 8.12. The molecule has 1 saturated heterocycles. The van der Waals surface area contributed by atoms with Gasteiger partial charge in [0, 0.05) is 10.7 Å². The average molecular weight is 521 g/mol. The van der Waals surface area contributed by atoms with Gasteiger partial charge < -0.3 is 5.32 Å². The van der Waals surface area contributed by atoms with E-state index >= 15 is 0 Å². The smallest absolute Gasteiger partial charge is 0.349 e. The summed E-state index contributed by atoms with van der Waals surface area (Å²) in [6.45, 7) is 17.0. The zero-order valence-corrected chi connectivity index (χ0v) is 22.1. The van der Waals surface area contributed by atoms with Crippen LogP contribution < -0.4 is 5.32 Å². The minimum Gasteiger partial charge on any atom is -0.349 e. The van der Waals surface area contributed by atoms with E-state index in [-0.39, 0.29) is 30.2 Å². The van der Waals surface area contributed by atoms with Crippen LogP contribution in [0.15, 0.2) is 59.5 Å². The van der Waals surface area contributed by atoms with Crippen LogP contribution in [0.25, 0.3) is 6.08 Å². The maximum atomic E-state index is 10.8. The lowest BCUT2D eigenvalue weighted by atomic mass is 9.85. The third kappa shape index (κ3) is 12.0. The molecule has 0 aromatic heterocycles. The third-order valence-corrected chi connectivity index (χ3v) is 5.56. The van der Waals surface area contributed by atoms with E-state index in [0.717, 1.165) is 6.08 Å². The zero-order chi connectivity index (χ0) is 26.2. The molecule has 192 valence electrons. The number of nitrogens with one attached hydrogen (secondary N) is 1. The van der Waals surface area contributed by atoms with Crippen LogP contribution in [-0.4, -0.2) is 20.4 Å². The Kier molecular flexibility index (Phi) is 12.3. The first-order valence-corrected chi connectivity index (χ1v) is 13.0. The number of β-lactam (4-membered cyclic amide) rings is 1. The lowest BCUT2D eigenvalue weighted by Gasteiger charge is -2.28. The molecule has 3 rings (SSSR count). The molecule has 8 heteroatoms. The van der Waals surface area contributed by atoms with E-state index in [2.05, 4.69) is 117 Å². The normalized spacial score (nSPS) is 14.7. The van der Waals surface area contributed by atoms with E-state index < -0.39 is 9.24 Å². The van der Waals surface area contributed by atoms with Gasteiger partial charge in [-0.3, -0.25) is 4.79 Å². The Morgan fingerprint density at radius 1 is 0.971 bits per heavy atom. The molecule has 1 fully saturated rings. The molecular formula is C27H37ClN2O4S. The van der Waals surface area contributed by atoms with E-state index in [4.69, 9.17) is 4.79 Å². The van der Waals surface area contributed by atoms with Gasteiger partial charge in [-0.2, -0.15) is 8.42 Å². The number of carbonyl (C=O) groups excluding carboxylic acids is 2. The largest absolute Gasteiger partial charge is 0.350 e. The maximum absolute atomic E-state index is 10.8. The SMILES string of the molecule is C.C=Cc1ccc(C(C)(C)C)cc1.CC(C)(C)c1ccc(C2CC(=O)N2)cc1.O=C=NS(=O)(=O)Cl. The second kappa shape index (κ2) is 13.4. The Hall–Kier alpha value is -2.73. The van der Waals surface area contributed by atoms with Crippen molar-refractivity contribution < 1.29 is 18.0 Å². The molecule has 2 aromatic carbocycles. The summed E-state index contributed by atoms with van der Waals surface area (Å²) in [5.74, 6) is 0.153. The Bertz CT molecular complexity index is 1110. The first kappa shape index (κ1) is 32.3. The molecule has 1 unspecified atom stereocenters. The number of carbonyl (C=O) groups is 1. The summed E-state index contributed by atoms with van der Waals surface area (Å²) in [7, 11) is 0.376. The highest BCUT2D eigenvalue weighted by Gasteiger charge is 2.26. The Morgan fingerprint density at radius 2 is 1.37 bits per heavy atom. The first-order chi connectivity index (χ1) is 15.6. The monoisotopic (exact) mass is 520 g/mol. The molecule has 1 amide bonds. The minimum atomic E-state index is -4.00. The van der Waals surface area contributed by atoms with E-state index in [1.54, 1.807) is 0 Å². The number of hydrogen-bond donors (Lipinski definition) is 1. The van der Waals surface area contributed by atoms with Gasteiger partial charge >= 0.3 is 9.24 Å². The molecule has 0 saturated carbocycles. The topological polar surface area (TPSA) is 92.7 Å². The summed E-state index contributed by atoms with van der Waals surface area (Å²) >= 11 is 0. The summed E-state index contributed by atoms with van der Waals surface area (Å²) < 4.78 is 21.3. The fraction of sp³-hybridized carbons (Fsp3) is 0.407. The standard InChI is InChI=1S/C13H17NO.C12H16.CClNO3S.CH4/c1-13(2,3)10-6-4-9(5-7-10)11-8-12(15)14-11;1-5-10-6-8-11(9-7-10)12(2,3)4;2-7(5,6)3-1-4;/h4-7,11H,8H2,1-3H3,(H,14,15);5-9H,1H2,2-4H3;;1H4. The van der Waals surface area contributed by atoms with E-state index in [1.807, 2.05) is 6.08 Å². The van der Waals surface area contributed by atoms with Gasteiger partial charge in [0.1, 0.15) is 0 Å². The number of hydrogen-bond acceptors (Lipinski definition) is 4. The van der Waals surface area contributed by atoms with Gasteiger partial charge in [0.15, 0.2) is 0 Å². The first-order valence-electron chi connectivity index (χ1n) is 10.7. The van der Waals surface area contributed by atoms with E-state index in [1.165, 1.54) is 22.3 Å². The lowest BCUT2D eigenvalue weighted by molar-refractivity contribution is -0.128. The molecule has 1 N–H and O–H groups in total. The molecule has 0 aliphatic carbocycles. The highest BCUT2D eigenvalue weighted by atomic mass is 35.7. The summed E-state index contributed by atoms with van der Waals surface area (Å²) in [5, 5.41) is 2.88. The minimum absolute atomic E-state index is 0. The van der Waals surface area contributed by atoms with Gasteiger partial charge in [-0.15, -0.1) is 0 Å². The zero-order valence-electron chi connectivity index (χ0n) is 20.6. The molecule has 1 heterocycles. The molecule has 0 bridgehead atoms. The number of halogens is 1. The van der Waals surface area contributed by atoms with Crippen LogP contribution in [0.5, 0.6) is 0 Å². The van der Waals surface area contributed by atoms with Crippen molar-refractivity contribution in [1.82, 2.24) is 5.32 Å². The third-order valence-electron chi connectivity index (χ3n) is 5.06. The van der Waals surface area contributed by atoms with Crippen molar-refractivity contribution in [3.05, 3.63) is 77.4 Å². The summed E-state index contributed by atoms with van der Waals surface area (Å²) in [6.07, 6.45) is 3.26. The molecular weight excluding hydrogens is 484 g/mol. The van der Waals surface area contributed by atoms with Crippen molar-refractivity contribution in [1.29, 1.82) is 0 Å². The van der Waals surface area contributed by atoms with Gasteiger partial charge in [-0.25, -0.2) is 4.79 Å². The second-order valence-corrected chi connectivity index (χ2v) is 12.0. The fourth-order valence-electron chi connectivity index (χ4n) is 2.94. The maximum Gasteiger partial charge on any atom is 0.350 e. The lowest BCUT2D eigenvalue weighted by Crippen LogP contribution is -2.41. The Balaban J connectivity index is 0.000000522. The molecule has 1 atom stereocenters. The average Bonchev–Trinajstić information content (AvgIpc) is 2.70. The van der Waals surface area contributed by atoms with Crippen LogP contribution in [0.3, 0.4) is 0 Å². The molecule has 0 spiro atoms. The van der Waals surface area contributed by atoms with Gasteiger partial charge in [0.05, 0.1) is 12.5 Å². The summed E-state index contributed by atoms with van der Waals surface area (Å²) in [5.41, 5.74) is 5.54. The van der Waals surface area contributed by atoms with Crippen molar-refractivity contribution in [3.8, 4) is 0 Å².